The summed E-state index contributed by atoms with van der Waals surface area (Å²) >= 11 is 3.36. The lowest BCUT2D eigenvalue weighted by atomic mass is 9.91. The number of aliphatic hydroxyl groups is 1. The minimum Gasteiger partial charge on any atom is -0.381 e. The first-order chi connectivity index (χ1) is 7.71. The second-order valence-corrected chi connectivity index (χ2v) is 5.49. The van der Waals surface area contributed by atoms with Gasteiger partial charge in [-0.15, -0.1) is 22.7 Å². The molecule has 1 unspecified atom stereocenters. The Balaban J connectivity index is 2.51. The van der Waals surface area contributed by atoms with Crippen molar-refractivity contribution in [3.05, 3.63) is 47.2 Å². The minimum atomic E-state index is -0.903. The number of thiophene rings is 2. The maximum atomic E-state index is 10.5. The van der Waals surface area contributed by atoms with Crippen LogP contribution < -0.4 is 0 Å². The van der Waals surface area contributed by atoms with Gasteiger partial charge in [-0.2, -0.15) is 0 Å². The molecule has 16 heavy (non-hydrogen) atoms. The van der Waals surface area contributed by atoms with Gasteiger partial charge in [-0.25, -0.2) is 0 Å². The first-order valence-corrected chi connectivity index (χ1v) is 6.95. The average molecular weight is 250 g/mol. The summed E-state index contributed by atoms with van der Waals surface area (Å²) in [6.07, 6.45) is 2.28. The topological polar surface area (TPSA) is 20.2 Å². The molecule has 0 spiro atoms. The van der Waals surface area contributed by atoms with Crippen molar-refractivity contribution in [3.63, 3.8) is 0 Å². The van der Waals surface area contributed by atoms with Gasteiger partial charge in [0, 0.05) is 10.4 Å². The molecule has 1 atom stereocenters. The zero-order chi connectivity index (χ0) is 11.6. The Bertz CT molecular complexity index is 470. The van der Waals surface area contributed by atoms with Crippen molar-refractivity contribution in [2.75, 3.05) is 0 Å². The Morgan fingerprint density at radius 1 is 1.38 bits per heavy atom. The molecule has 0 saturated carbocycles. The largest absolute Gasteiger partial charge is 0.381 e. The molecule has 2 aromatic rings. The second-order valence-electron chi connectivity index (χ2n) is 3.62. The van der Waals surface area contributed by atoms with Gasteiger partial charge in [0.1, 0.15) is 5.60 Å². The summed E-state index contributed by atoms with van der Waals surface area (Å²) in [6, 6.07) is 6.10. The van der Waals surface area contributed by atoms with Crippen LogP contribution in [0.2, 0.25) is 0 Å². The molecule has 0 fully saturated rings. The first kappa shape index (κ1) is 11.6. The summed E-state index contributed by atoms with van der Waals surface area (Å²) in [6.45, 7) is 5.71. The molecule has 1 nitrogen and oxygen atoms in total. The van der Waals surface area contributed by atoms with Crippen LogP contribution in [0.1, 0.15) is 18.9 Å². The Morgan fingerprint density at radius 3 is 2.75 bits per heavy atom. The van der Waals surface area contributed by atoms with Gasteiger partial charge >= 0.3 is 0 Å². The Kier molecular flexibility index (Phi) is 3.28. The van der Waals surface area contributed by atoms with Gasteiger partial charge in [0.15, 0.2) is 0 Å². The maximum absolute atomic E-state index is 10.5. The third-order valence-corrected chi connectivity index (χ3v) is 4.72. The van der Waals surface area contributed by atoms with Gasteiger partial charge in [0.2, 0.25) is 0 Å². The summed E-state index contributed by atoms with van der Waals surface area (Å²) in [5.41, 5.74) is 0.0664. The van der Waals surface area contributed by atoms with Crippen molar-refractivity contribution in [1.29, 1.82) is 0 Å². The van der Waals surface area contributed by atoms with Crippen LogP contribution in [0, 0.1) is 0 Å². The Morgan fingerprint density at radius 2 is 2.19 bits per heavy atom. The molecule has 84 valence electrons. The molecule has 0 aliphatic rings. The van der Waals surface area contributed by atoms with E-state index in [9.17, 15) is 5.11 Å². The van der Waals surface area contributed by atoms with E-state index in [2.05, 4.69) is 18.0 Å². The van der Waals surface area contributed by atoms with E-state index in [1.165, 1.54) is 4.88 Å². The van der Waals surface area contributed by atoms with Gasteiger partial charge < -0.3 is 5.11 Å². The number of hydrogen-bond acceptors (Lipinski definition) is 3. The zero-order valence-electron chi connectivity index (χ0n) is 9.14. The maximum Gasteiger partial charge on any atom is 0.109 e. The Hall–Kier alpha value is -0.900. The van der Waals surface area contributed by atoms with Crippen LogP contribution in [0.5, 0.6) is 0 Å². The highest BCUT2D eigenvalue weighted by molar-refractivity contribution is 7.20. The zero-order valence-corrected chi connectivity index (χ0v) is 10.8. The molecular weight excluding hydrogens is 236 g/mol. The lowest BCUT2D eigenvalue weighted by Gasteiger charge is -2.23. The molecule has 2 aromatic heterocycles. The van der Waals surface area contributed by atoms with Crippen LogP contribution in [-0.2, 0) is 5.60 Å². The van der Waals surface area contributed by atoms with Crippen LogP contribution >= 0.6 is 22.7 Å². The predicted molar refractivity (Wildman–Crippen MR) is 72.0 cm³/mol. The standard InChI is InChI=1S/C13H14OS2/c1-3-13(14,4-2)10-7-9-16-12(10)11-6-5-8-15-11/h3,5-9,14H,1,4H2,2H3. The molecule has 0 aliphatic heterocycles. The van der Waals surface area contributed by atoms with E-state index in [1.54, 1.807) is 28.7 Å². The van der Waals surface area contributed by atoms with Crippen molar-refractivity contribution in [3.8, 4) is 9.75 Å². The Labute approximate surface area is 104 Å². The van der Waals surface area contributed by atoms with Crippen LogP contribution in [0.4, 0.5) is 0 Å². The first-order valence-electron chi connectivity index (χ1n) is 5.19. The third-order valence-electron chi connectivity index (χ3n) is 2.75. The molecule has 0 radical (unpaired) electrons. The van der Waals surface area contributed by atoms with Gasteiger partial charge in [-0.05, 0) is 29.3 Å². The molecule has 2 rings (SSSR count). The highest BCUT2D eigenvalue weighted by Gasteiger charge is 2.27. The van der Waals surface area contributed by atoms with Crippen molar-refractivity contribution >= 4 is 22.7 Å². The monoisotopic (exact) mass is 250 g/mol. The van der Waals surface area contributed by atoms with Gasteiger partial charge in [0.05, 0.1) is 4.88 Å². The van der Waals surface area contributed by atoms with E-state index in [0.717, 1.165) is 10.4 Å². The van der Waals surface area contributed by atoms with Crippen LogP contribution in [0.15, 0.2) is 41.6 Å². The normalized spacial score (nSPS) is 14.6. The SMILES string of the molecule is C=CC(O)(CC)c1ccsc1-c1cccs1. The summed E-state index contributed by atoms with van der Waals surface area (Å²) in [4.78, 5) is 2.36. The molecule has 1 N–H and O–H groups in total. The smallest absolute Gasteiger partial charge is 0.109 e. The molecule has 0 bridgehead atoms. The molecule has 0 amide bonds. The van der Waals surface area contributed by atoms with Gasteiger partial charge in [-0.3, -0.25) is 0 Å². The summed E-state index contributed by atoms with van der Waals surface area (Å²) in [7, 11) is 0. The van der Waals surface area contributed by atoms with E-state index in [-0.39, 0.29) is 0 Å². The molecule has 0 aromatic carbocycles. The van der Waals surface area contributed by atoms with Crippen molar-refractivity contribution in [2.45, 2.75) is 18.9 Å². The average Bonchev–Trinajstić information content (AvgIpc) is 2.97. The lowest BCUT2D eigenvalue weighted by Crippen LogP contribution is -2.21. The van der Waals surface area contributed by atoms with E-state index in [4.69, 9.17) is 0 Å². The van der Waals surface area contributed by atoms with E-state index < -0.39 is 5.60 Å². The molecule has 3 heteroatoms. The van der Waals surface area contributed by atoms with E-state index in [0.29, 0.717) is 6.42 Å². The highest BCUT2D eigenvalue weighted by Crippen LogP contribution is 2.40. The molecule has 0 saturated heterocycles. The van der Waals surface area contributed by atoms with Crippen LogP contribution in [0.25, 0.3) is 9.75 Å². The van der Waals surface area contributed by atoms with E-state index in [1.807, 2.05) is 24.4 Å². The molecule has 2 heterocycles. The lowest BCUT2D eigenvalue weighted by molar-refractivity contribution is 0.0866. The third kappa shape index (κ3) is 1.86. The van der Waals surface area contributed by atoms with Gasteiger partial charge in [0.25, 0.3) is 0 Å². The fraction of sp³-hybridized carbons (Fsp3) is 0.231. The molecular formula is C13H14OS2. The summed E-state index contributed by atoms with van der Waals surface area (Å²) in [5, 5.41) is 14.5. The second kappa shape index (κ2) is 4.53. The fourth-order valence-corrected chi connectivity index (χ4v) is 3.56. The number of rotatable bonds is 4. The summed E-state index contributed by atoms with van der Waals surface area (Å²) in [5.74, 6) is 0. The van der Waals surface area contributed by atoms with E-state index >= 15 is 0 Å². The summed E-state index contributed by atoms with van der Waals surface area (Å²) < 4.78 is 0. The van der Waals surface area contributed by atoms with Crippen LogP contribution in [-0.4, -0.2) is 5.11 Å². The minimum absolute atomic E-state index is 0.644. The number of hydrogen-bond donors (Lipinski definition) is 1. The van der Waals surface area contributed by atoms with Crippen LogP contribution in [0.3, 0.4) is 0 Å². The van der Waals surface area contributed by atoms with Crippen molar-refractivity contribution in [1.82, 2.24) is 0 Å². The highest BCUT2D eigenvalue weighted by atomic mass is 32.1. The quantitative estimate of drug-likeness (QED) is 0.804. The van der Waals surface area contributed by atoms with Crippen molar-refractivity contribution in [2.24, 2.45) is 0 Å². The predicted octanol–water partition coefficient (Wildman–Crippen LogP) is 4.26. The van der Waals surface area contributed by atoms with Gasteiger partial charge in [-0.1, -0.05) is 25.6 Å². The molecule has 0 aliphatic carbocycles. The van der Waals surface area contributed by atoms with Crippen molar-refractivity contribution < 1.29 is 5.11 Å². The fourth-order valence-electron chi connectivity index (χ4n) is 1.69.